The van der Waals surface area contributed by atoms with Crippen LogP contribution in [0, 0.1) is 0 Å². The van der Waals surface area contributed by atoms with Gasteiger partial charge in [-0.05, 0) is 69.9 Å². The van der Waals surface area contributed by atoms with Crippen molar-refractivity contribution >= 4 is 11.1 Å². The van der Waals surface area contributed by atoms with Crippen LogP contribution in [0.2, 0.25) is 0 Å². The van der Waals surface area contributed by atoms with Crippen LogP contribution in [-0.2, 0) is 28.4 Å². The van der Waals surface area contributed by atoms with Crippen molar-refractivity contribution in [3.8, 4) is 0 Å². The standard InChI is InChI=1S/C26H42O6/c1-19(13-29-23(5)17-31-21(3)15-27-7)25-10-9-11-26(12-25)20(2)14-30-24(6)18-32-22(4)16-28-8/h9-14,21-24H,15-18H2,1-8H3/b19-13-,20-14?. The normalized spacial score (nSPS) is 16.4. The molecule has 1 rings (SSSR count). The maximum Gasteiger partial charge on any atom is 0.118 e. The molecule has 0 radical (unpaired) electrons. The van der Waals surface area contributed by atoms with Gasteiger partial charge in [0, 0.05) is 14.2 Å². The molecule has 0 spiro atoms. The van der Waals surface area contributed by atoms with Gasteiger partial charge in [-0.1, -0.05) is 18.2 Å². The monoisotopic (exact) mass is 450 g/mol. The highest BCUT2D eigenvalue weighted by molar-refractivity contribution is 5.70. The minimum Gasteiger partial charge on any atom is -0.496 e. The summed E-state index contributed by atoms with van der Waals surface area (Å²) in [5.41, 5.74) is 4.29. The summed E-state index contributed by atoms with van der Waals surface area (Å²) in [6.45, 7) is 14.2. The molecular formula is C26H42O6. The van der Waals surface area contributed by atoms with E-state index in [0.717, 1.165) is 22.3 Å². The second-order valence-corrected chi connectivity index (χ2v) is 8.27. The van der Waals surface area contributed by atoms with Crippen LogP contribution in [0.1, 0.15) is 52.7 Å². The van der Waals surface area contributed by atoms with E-state index in [4.69, 9.17) is 28.4 Å². The first kappa shape index (κ1) is 28.2. The third-order valence-corrected chi connectivity index (χ3v) is 4.76. The SMILES string of the molecule is COCC(C)OCC(C)OC=C(C)c1cccc(/C(C)=C\OC(C)COC(C)COC)c1. The van der Waals surface area contributed by atoms with E-state index in [2.05, 4.69) is 18.2 Å². The van der Waals surface area contributed by atoms with E-state index in [-0.39, 0.29) is 24.4 Å². The second-order valence-electron chi connectivity index (χ2n) is 8.27. The number of hydrogen-bond acceptors (Lipinski definition) is 6. The summed E-state index contributed by atoms with van der Waals surface area (Å²) >= 11 is 0. The molecule has 4 atom stereocenters. The molecule has 6 nitrogen and oxygen atoms in total. The van der Waals surface area contributed by atoms with Crippen molar-refractivity contribution in [1.29, 1.82) is 0 Å². The molecular weight excluding hydrogens is 408 g/mol. The van der Waals surface area contributed by atoms with Crippen LogP contribution in [0.15, 0.2) is 36.8 Å². The number of benzene rings is 1. The van der Waals surface area contributed by atoms with Gasteiger partial charge in [0.15, 0.2) is 0 Å². The van der Waals surface area contributed by atoms with Gasteiger partial charge in [0.1, 0.15) is 12.2 Å². The summed E-state index contributed by atoms with van der Waals surface area (Å²) in [5, 5.41) is 0. The van der Waals surface area contributed by atoms with Gasteiger partial charge < -0.3 is 28.4 Å². The molecule has 0 aliphatic carbocycles. The van der Waals surface area contributed by atoms with Crippen molar-refractivity contribution in [2.24, 2.45) is 0 Å². The second kappa shape index (κ2) is 15.9. The molecule has 0 bridgehead atoms. The van der Waals surface area contributed by atoms with E-state index >= 15 is 0 Å². The maximum absolute atomic E-state index is 5.84. The molecule has 0 N–H and O–H groups in total. The first-order valence-electron chi connectivity index (χ1n) is 11.2. The summed E-state index contributed by atoms with van der Waals surface area (Å²) in [6, 6.07) is 8.32. The van der Waals surface area contributed by atoms with Crippen LogP contribution in [0.4, 0.5) is 0 Å². The topological polar surface area (TPSA) is 55.4 Å². The van der Waals surface area contributed by atoms with Gasteiger partial charge in [-0.25, -0.2) is 0 Å². The lowest BCUT2D eigenvalue weighted by atomic mass is 10.0. The maximum atomic E-state index is 5.84. The van der Waals surface area contributed by atoms with E-state index < -0.39 is 0 Å². The number of allylic oxidation sites excluding steroid dienone is 2. The first-order valence-corrected chi connectivity index (χ1v) is 11.2. The highest BCUT2D eigenvalue weighted by Gasteiger charge is 2.08. The van der Waals surface area contributed by atoms with Crippen molar-refractivity contribution < 1.29 is 28.4 Å². The molecule has 182 valence electrons. The molecule has 1 aromatic carbocycles. The van der Waals surface area contributed by atoms with Crippen LogP contribution in [0.5, 0.6) is 0 Å². The fourth-order valence-corrected chi connectivity index (χ4v) is 2.83. The van der Waals surface area contributed by atoms with Crippen molar-refractivity contribution in [3.63, 3.8) is 0 Å². The molecule has 0 heterocycles. The van der Waals surface area contributed by atoms with E-state index in [1.807, 2.05) is 47.6 Å². The number of methoxy groups -OCH3 is 2. The van der Waals surface area contributed by atoms with Gasteiger partial charge in [-0.3, -0.25) is 0 Å². The predicted molar refractivity (Wildman–Crippen MR) is 129 cm³/mol. The molecule has 32 heavy (non-hydrogen) atoms. The van der Waals surface area contributed by atoms with Crippen LogP contribution < -0.4 is 0 Å². The number of rotatable bonds is 16. The summed E-state index contributed by atoms with van der Waals surface area (Å²) < 4.78 is 33.3. The Morgan fingerprint density at radius 3 is 1.47 bits per heavy atom. The Kier molecular flexibility index (Phi) is 14.0. The van der Waals surface area contributed by atoms with E-state index in [9.17, 15) is 0 Å². The van der Waals surface area contributed by atoms with Crippen molar-refractivity contribution in [2.45, 2.75) is 66.0 Å². The zero-order chi connectivity index (χ0) is 23.9. The zero-order valence-corrected chi connectivity index (χ0v) is 21.1. The Morgan fingerprint density at radius 2 is 1.09 bits per heavy atom. The Hall–Kier alpha value is -1.86. The summed E-state index contributed by atoms with van der Waals surface area (Å²) in [7, 11) is 3.34. The molecule has 0 amide bonds. The highest BCUT2D eigenvalue weighted by atomic mass is 16.6. The van der Waals surface area contributed by atoms with E-state index in [0.29, 0.717) is 26.4 Å². The quantitative estimate of drug-likeness (QED) is 0.318. The minimum atomic E-state index is -0.0437. The van der Waals surface area contributed by atoms with Gasteiger partial charge in [0.2, 0.25) is 0 Å². The van der Waals surface area contributed by atoms with E-state index in [1.165, 1.54) is 0 Å². The van der Waals surface area contributed by atoms with Gasteiger partial charge in [-0.15, -0.1) is 0 Å². The number of ether oxygens (including phenoxy) is 6. The molecule has 4 unspecified atom stereocenters. The van der Waals surface area contributed by atoms with Crippen molar-refractivity contribution in [1.82, 2.24) is 0 Å². The molecule has 6 heteroatoms. The van der Waals surface area contributed by atoms with Crippen molar-refractivity contribution in [2.75, 3.05) is 40.6 Å². The van der Waals surface area contributed by atoms with Crippen LogP contribution in [-0.4, -0.2) is 65.1 Å². The average Bonchev–Trinajstić information content (AvgIpc) is 2.78. The highest BCUT2D eigenvalue weighted by Crippen LogP contribution is 2.21. The fraction of sp³-hybridized carbons (Fsp3) is 0.615. The lowest BCUT2D eigenvalue weighted by molar-refractivity contribution is -0.0302. The largest absolute Gasteiger partial charge is 0.496 e. The molecule has 0 aliphatic rings. The van der Waals surface area contributed by atoms with Crippen LogP contribution in [0.25, 0.3) is 11.1 Å². The molecule has 0 aliphatic heterocycles. The molecule has 1 aromatic rings. The van der Waals surface area contributed by atoms with Crippen LogP contribution in [0.3, 0.4) is 0 Å². The van der Waals surface area contributed by atoms with E-state index in [1.54, 1.807) is 26.7 Å². The Balaban J connectivity index is 2.61. The summed E-state index contributed by atoms with van der Waals surface area (Å²) in [5.74, 6) is 0. The Morgan fingerprint density at radius 1 is 0.688 bits per heavy atom. The fourth-order valence-electron chi connectivity index (χ4n) is 2.83. The van der Waals surface area contributed by atoms with Gasteiger partial charge in [0.25, 0.3) is 0 Å². The predicted octanol–water partition coefficient (Wildman–Crippen LogP) is 5.32. The smallest absolute Gasteiger partial charge is 0.118 e. The summed E-state index contributed by atoms with van der Waals surface area (Å²) in [6.07, 6.45) is 3.60. The first-order chi connectivity index (χ1) is 15.3. The van der Waals surface area contributed by atoms with Gasteiger partial charge in [-0.2, -0.15) is 0 Å². The molecule has 0 saturated carbocycles. The average molecular weight is 451 g/mol. The summed E-state index contributed by atoms with van der Waals surface area (Å²) in [4.78, 5) is 0. The Labute approximate surface area is 194 Å². The van der Waals surface area contributed by atoms with Crippen molar-refractivity contribution in [3.05, 3.63) is 47.9 Å². The third-order valence-electron chi connectivity index (χ3n) is 4.76. The molecule has 0 saturated heterocycles. The molecule has 0 aromatic heterocycles. The minimum absolute atomic E-state index is 0.0437. The lowest BCUT2D eigenvalue weighted by Crippen LogP contribution is -2.22. The van der Waals surface area contributed by atoms with Gasteiger partial charge >= 0.3 is 0 Å². The molecule has 0 fully saturated rings. The lowest BCUT2D eigenvalue weighted by Gasteiger charge is -2.17. The third kappa shape index (κ3) is 11.7. The van der Waals surface area contributed by atoms with Gasteiger partial charge in [0.05, 0.1) is 51.2 Å². The zero-order valence-electron chi connectivity index (χ0n) is 21.1. The Bertz CT molecular complexity index is 644. The van der Waals surface area contributed by atoms with Crippen LogP contribution >= 0.6 is 0 Å². The number of hydrogen-bond donors (Lipinski definition) is 0.